The molecule has 0 aliphatic carbocycles. The Labute approximate surface area is 78.2 Å². The number of hydrogen-bond donors (Lipinski definition) is 1. The van der Waals surface area contributed by atoms with Crippen LogP contribution in [-0.4, -0.2) is 18.3 Å². The molecule has 1 heterocycles. The first-order valence-electron chi connectivity index (χ1n) is 4.63. The summed E-state index contributed by atoms with van der Waals surface area (Å²) in [5.41, 5.74) is 2.27. The van der Waals surface area contributed by atoms with Gasteiger partial charge in [-0.25, -0.2) is 0 Å². The average molecular weight is 178 g/mol. The first-order chi connectivity index (χ1) is 6.27. The summed E-state index contributed by atoms with van der Waals surface area (Å²) in [7, 11) is 0. The zero-order valence-corrected chi connectivity index (χ0v) is 7.73. The maximum absolute atomic E-state index is 9.39. The summed E-state index contributed by atoms with van der Waals surface area (Å²) < 4.78 is 5.13. The van der Waals surface area contributed by atoms with Crippen LogP contribution >= 0.6 is 0 Å². The predicted molar refractivity (Wildman–Crippen MR) is 50.6 cm³/mol. The van der Waals surface area contributed by atoms with Gasteiger partial charge in [-0.05, 0) is 18.1 Å². The fraction of sp³-hybridized carbons (Fsp3) is 0.455. The zero-order valence-electron chi connectivity index (χ0n) is 7.73. The number of ether oxygens (including phenoxy) is 1. The lowest BCUT2D eigenvalue weighted by molar-refractivity contribution is 0.00833. The van der Waals surface area contributed by atoms with Crippen LogP contribution in [0, 0.1) is 0 Å². The minimum atomic E-state index is -0.374. The molecule has 0 aromatic heterocycles. The molecule has 1 saturated heterocycles. The van der Waals surface area contributed by atoms with Gasteiger partial charge in [0.2, 0.25) is 0 Å². The molecular formula is C11H14O2. The van der Waals surface area contributed by atoms with Gasteiger partial charge >= 0.3 is 0 Å². The standard InChI is InChI=1S/C11H14O2/c1-8(12)9-3-2-4-10(5-9)11-6-13-7-11/h2-5,8,11-12H,6-7H2,1H3. The van der Waals surface area contributed by atoms with Crippen molar-refractivity contribution in [3.63, 3.8) is 0 Å². The van der Waals surface area contributed by atoms with E-state index in [0.717, 1.165) is 18.8 Å². The van der Waals surface area contributed by atoms with Crippen LogP contribution in [-0.2, 0) is 4.74 Å². The maximum atomic E-state index is 9.39. The van der Waals surface area contributed by atoms with Crippen molar-refractivity contribution in [3.8, 4) is 0 Å². The highest BCUT2D eigenvalue weighted by molar-refractivity contribution is 5.28. The Kier molecular flexibility index (Phi) is 2.34. The summed E-state index contributed by atoms with van der Waals surface area (Å²) >= 11 is 0. The van der Waals surface area contributed by atoms with Crippen LogP contribution in [0.2, 0.25) is 0 Å². The summed E-state index contributed by atoms with van der Waals surface area (Å²) in [5.74, 6) is 0.540. The molecule has 1 aromatic carbocycles. The van der Waals surface area contributed by atoms with E-state index in [0.29, 0.717) is 5.92 Å². The SMILES string of the molecule is CC(O)c1cccc(C2COC2)c1. The third-order valence-electron chi connectivity index (χ3n) is 2.50. The molecular weight excluding hydrogens is 164 g/mol. The molecule has 2 nitrogen and oxygen atoms in total. The summed E-state index contributed by atoms with van der Waals surface area (Å²) in [6, 6.07) is 8.11. The number of benzene rings is 1. The van der Waals surface area contributed by atoms with Crippen molar-refractivity contribution in [2.24, 2.45) is 0 Å². The van der Waals surface area contributed by atoms with E-state index in [4.69, 9.17) is 4.74 Å². The summed E-state index contributed by atoms with van der Waals surface area (Å²) in [6.45, 7) is 3.43. The largest absolute Gasteiger partial charge is 0.389 e. The van der Waals surface area contributed by atoms with Crippen molar-refractivity contribution >= 4 is 0 Å². The number of hydrogen-bond acceptors (Lipinski definition) is 2. The van der Waals surface area contributed by atoms with E-state index in [1.165, 1.54) is 5.56 Å². The molecule has 1 atom stereocenters. The van der Waals surface area contributed by atoms with Crippen molar-refractivity contribution in [2.75, 3.05) is 13.2 Å². The molecule has 0 radical (unpaired) electrons. The molecule has 1 N–H and O–H groups in total. The molecule has 1 unspecified atom stereocenters. The van der Waals surface area contributed by atoms with Crippen LogP contribution in [0.1, 0.15) is 30.1 Å². The highest BCUT2D eigenvalue weighted by Crippen LogP contribution is 2.25. The van der Waals surface area contributed by atoms with E-state index in [-0.39, 0.29) is 6.10 Å². The molecule has 1 aliphatic heterocycles. The molecule has 2 rings (SSSR count). The van der Waals surface area contributed by atoms with Gasteiger partial charge in [0.05, 0.1) is 19.3 Å². The van der Waals surface area contributed by atoms with Crippen molar-refractivity contribution in [1.29, 1.82) is 0 Å². The lowest BCUT2D eigenvalue weighted by Crippen LogP contribution is -2.25. The van der Waals surface area contributed by atoms with Crippen LogP contribution in [0.15, 0.2) is 24.3 Å². The quantitative estimate of drug-likeness (QED) is 0.749. The monoisotopic (exact) mass is 178 g/mol. The number of aliphatic hydroxyl groups is 1. The Balaban J connectivity index is 2.21. The lowest BCUT2D eigenvalue weighted by Gasteiger charge is -2.26. The van der Waals surface area contributed by atoms with Crippen LogP contribution in [0.5, 0.6) is 0 Å². The Morgan fingerprint density at radius 2 is 2.23 bits per heavy atom. The molecule has 0 amide bonds. The van der Waals surface area contributed by atoms with E-state index < -0.39 is 0 Å². The van der Waals surface area contributed by atoms with Gasteiger partial charge in [-0.15, -0.1) is 0 Å². The molecule has 1 aromatic rings. The van der Waals surface area contributed by atoms with Gasteiger partial charge in [-0.3, -0.25) is 0 Å². The first-order valence-corrected chi connectivity index (χ1v) is 4.63. The van der Waals surface area contributed by atoms with Gasteiger partial charge in [-0.1, -0.05) is 24.3 Å². The highest BCUT2D eigenvalue weighted by Gasteiger charge is 2.20. The van der Waals surface area contributed by atoms with Crippen LogP contribution in [0.4, 0.5) is 0 Å². The summed E-state index contributed by atoms with van der Waals surface area (Å²) in [5, 5.41) is 9.39. The van der Waals surface area contributed by atoms with Crippen LogP contribution < -0.4 is 0 Å². The summed E-state index contributed by atoms with van der Waals surface area (Å²) in [4.78, 5) is 0. The smallest absolute Gasteiger partial charge is 0.0762 e. The highest BCUT2D eigenvalue weighted by atomic mass is 16.5. The Bertz CT molecular complexity index is 290. The molecule has 13 heavy (non-hydrogen) atoms. The maximum Gasteiger partial charge on any atom is 0.0762 e. The Morgan fingerprint density at radius 1 is 1.46 bits per heavy atom. The molecule has 2 heteroatoms. The second-order valence-corrected chi connectivity index (χ2v) is 3.58. The van der Waals surface area contributed by atoms with Gasteiger partial charge in [0.15, 0.2) is 0 Å². The fourth-order valence-electron chi connectivity index (χ4n) is 1.50. The third-order valence-corrected chi connectivity index (χ3v) is 2.50. The molecule has 1 aliphatic rings. The van der Waals surface area contributed by atoms with Crippen molar-refractivity contribution in [3.05, 3.63) is 35.4 Å². The fourth-order valence-corrected chi connectivity index (χ4v) is 1.50. The lowest BCUT2D eigenvalue weighted by atomic mass is 9.95. The van der Waals surface area contributed by atoms with E-state index in [9.17, 15) is 5.11 Å². The van der Waals surface area contributed by atoms with E-state index >= 15 is 0 Å². The average Bonchev–Trinajstić information content (AvgIpc) is 2.01. The van der Waals surface area contributed by atoms with E-state index in [1.807, 2.05) is 12.1 Å². The Morgan fingerprint density at radius 3 is 2.77 bits per heavy atom. The van der Waals surface area contributed by atoms with Crippen molar-refractivity contribution < 1.29 is 9.84 Å². The van der Waals surface area contributed by atoms with Crippen LogP contribution in [0.25, 0.3) is 0 Å². The predicted octanol–water partition coefficient (Wildman–Crippen LogP) is 1.85. The summed E-state index contributed by atoms with van der Waals surface area (Å²) in [6.07, 6.45) is -0.374. The van der Waals surface area contributed by atoms with Gasteiger partial charge in [0.25, 0.3) is 0 Å². The molecule has 1 fully saturated rings. The van der Waals surface area contributed by atoms with Gasteiger partial charge in [0.1, 0.15) is 0 Å². The second-order valence-electron chi connectivity index (χ2n) is 3.58. The minimum Gasteiger partial charge on any atom is -0.389 e. The van der Waals surface area contributed by atoms with E-state index in [2.05, 4.69) is 12.1 Å². The van der Waals surface area contributed by atoms with Crippen molar-refractivity contribution in [1.82, 2.24) is 0 Å². The number of aliphatic hydroxyl groups excluding tert-OH is 1. The minimum absolute atomic E-state index is 0.374. The second kappa shape index (κ2) is 3.48. The topological polar surface area (TPSA) is 29.5 Å². The molecule has 0 spiro atoms. The van der Waals surface area contributed by atoms with Gasteiger partial charge in [0, 0.05) is 5.92 Å². The third kappa shape index (κ3) is 1.74. The Hall–Kier alpha value is -0.860. The van der Waals surface area contributed by atoms with E-state index in [1.54, 1.807) is 6.92 Å². The zero-order chi connectivity index (χ0) is 9.26. The molecule has 0 bridgehead atoms. The first kappa shape index (κ1) is 8.73. The van der Waals surface area contributed by atoms with Gasteiger partial charge in [-0.2, -0.15) is 0 Å². The number of rotatable bonds is 2. The molecule has 0 saturated carbocycles. The van der Waals surface area contributed by atoms with Crippen LogP contribution in [0.3, 0.4) is 0 Å². The molecule has 70 valence electrons. The van der Waals surface area contributed by atoms with Crippen molar-refractivity contribution in [2.45, 2.75) is 18.9 Å². The normalized spacial score (nSPS) is 19.5. The van der Waals surface area contributed by atoms with Gasteiger partial charge < -0.3 is 9.84 Å².